The second-order valence-electron chi connectivity index (χ2n) is 5.66. The first-order chi connectivity index (χ1) is 9.74. The fourth-order valence-electron chi connectivity index (χ4n) is 2.83. The molecule has 0 aromatic heterocycles. The van der Waals surface area contributed by atoms with Crippen LogP contribution >= 0.6 is 12.4 Å². The molecule has 1 saturated heterocycles. The van der Waals surface area contributed by atoms with E-state index in [1.165, 1.54) is 5.56 Å². The van der Waals surface area contributed by atoms with Gasteiger partial charge in [0.2, 0.25) is 5.91 Å². The number of amides is 1. The van der Waals surface area contributed by atoms with Gasteiger partial charge in [0, 0.05) is 13.1 Å². The molecule has 1 amide bonds. The summed E-state index contributed by atoms with van der Waals surface area (Å²) in [6.07, 6.45) is 3.17. The normalized spacial score (nSPS) is 18.9. The molecule has 1 aliphatic rings. The molecule has 2 rings (SSSR count). The molecule has 0 saturated carbocycles. The van der Waals surface area contributed by atoms with Gasteiger partial charge in [-0.3, -0.25) is 4.79 Å². The van der Waals surface area contributed by atoms with E-state index in [1.807, 2.05) is 18.2 Å². The van der Waals surface area contributed by atoms with Gasteiger partial charge in [-0.15, -0.1) is 12.4 Å². The summed E-state index contributed by atoms with van der Waals surface area (Å²) in [6, 6.07) is 10.5. The second-order valence-corrected chi connectivity index (χ2v) is 5.66. The van der Waals surface area contributed by atoms with Crippen molar-refractivity contribution in [1.29, 1.82) is 0 Å². The van der Waals surface area contributed by atoms with Crippen molar-refractivity contribution >= 4 is 18.3 Å². The van der Waals surface area contributed by atoms with E-state index in [1.54, 1.807) is 0 Å². The Hall–Kier alpha value is -1.06. The van der Waals surface area contributed by atoms with Crippen LogP contribution in [-0.2, 0) is 4.79 Å². The van der Waals surface area contributed by atoms with Gasteiger partial charge in [-0.25, -0.2) is 0 Å². The number of rotatable bonds is 6. The third kappa shape index (κ3) is 4.72. The molecule has 1 fully saturated rings. The van der Waals surface area contributed by atoms with Gasteiger partial charge in [0.1, 0.15) is 0 Å². The Kier molecular flexibility index (Phi) is 7.76. The smallest absolute Gasteiger partial charge is 0.227 e. The zero-order valence-electron chi connectivity index (χ0n) is 13.0. The zero-order chi connectivity index (χ0) is 14.4. The summed E-state index contributed by atoms with van der Waals surface area (Å²) in [4.78, 5) is 14.8. The van der Waals surface area contributed by atoms with E-state index in [0.717, 1.165) is 38.9 Å². The lowest BCUT2D eigenvalue weighted by Crippen LogP contribution is -2.39. The van der Waals surface area contributed by atoms with Crippen LogP contribution in [0.2, 0.25) is 0 Å². The molecule has 0 aliphatic carbocycles. The minimum absolute atomic E-state index is 0. The summed E-state index contributed by atoms with van der Waals surface area (Å²) >= 11 is 0. The molecule has 0 bridgehead atoms. The maximum absolute atomic E-state index is 12.8. The SMILES string of the molecule is CCCCN(C(=O)C1CCNC1)C(C)c1ccccc1.Cl. The molecule has 0 radical (unpaired) electrons. The van der Waals surface area contributed by atoms with Crippen LogP contribution in [0.15, 0.2) is 30.3 Å². The number of unbranched alkanes of at least 4 members (excludes halogenated alkanes) is 1. The molecule has 1 aliphatic heterocycles. The largest absolute Gasteiger partial charge is 0.336 e. The van der Waals surface area contributed by atoms with E-state index in [-0.39, 0.29) is 24.4 Å². The minimum Gasteiger partial charge on any atom is -0.336 e. The molecule has 2 atom stereocenters. The Labute approximate surface area is 134 Å². The minimum atomic E-state index is 0. The maximum Gasteiger partial charge on any atom is 0.227 e. The van der Waals surface area contributed by atoms with Crippen LogP contribution in [0.1, 0.15) is 44.7 Å². The van der Waals surface area contributed by atoms with Gasteiger partial charge >= 0.3 is 0 Å². The molecule has 4 heteroatoms. The Balaban J connectivity index is 0.00000220. The van der Waals surface area contributed by atoms with Gasteiger partial charge in [-0.1, -0.05) is 43.7 Å². The van der Waals surface area contributed by atoms with E-state index in [4.69, 9.17) is 0 Å². The molecule has 3 nitrogen and oxygen atoms in total. The van der Waals surface area contributed by atoms with Crippen molar-refractivity contribution < 1.29 is 4.79 Å². The molecular weight excluding hydrogens is 284 g/mol. The molecule has 1 N–H and O–H groups in total. The Morgan fingerprint density at radius 3 is 2.67 bits per heavy atom. The highest BCUT2D eigenvalue weighted by Gasteiger charge is 2.29. The molecule has 1 heterocycles. The average molecular weight is 311 g/mol. The number of hydrogen-bond donors (Lipinski definition) is 1. The predicted molar refractivity (Wildman–Crippen MR) is 89.7 cm³/mol. The summed E-state index contributed by atoms with van der Waals surface area (Å²) in [5.41, 5.74) is 1.22. The first-order valence-corrected chi connectivity index (χ1v) is 7.80. The first-order valence-electron chi connectivity index (χ1n) is 7.80. The summed E-state index contributed by atoms with van der Waals surface area (Å²) in [6.45, 7) is 6.99. The topological polar surface area (TPSA) is 32.3 Å². The van der Waals surface area contributed by atoms with Crippen LogP contribution < -0.4 is 5.32 Å². The van der Waals surface area contributed by atoms with E-state index in [9.17, 15) is 4.79 Å². The number of carbonyl (C=O) groups is 1. The van der Waals surface area contributed by atoms with Crippen molar-refractivity contribution in [2.75, 3.05) is 19.6 Å². The Morgan fingerprint density at radius 1 is 1.38 bits per heavy atom. The lowest BCUT2D eigenvalue weighted by molar-refractivity contribution is -0.137. The van der Waals surface area contributed by atoms with E-state index in [0.29, 0.717) is 5.91 Å². The van der Waals surface area contributed by atoms with Crippen LogP contribution in [0, 0.1) is 5.92 Å². The van der Waals surface area contributed by atoms with Crippen molar-refractivity contribution in [3.63, 3.8) is 0 Å². The molecule has 0 spiro atoms. The highest BCUT2D eigenvalue weighted by molar-refractivity contribution is 5.85. The number of benzene rings is 1. The predicted octanol–water partition coefficient (Wildman–Crippen LogP) is 3.41. The summed E-state index contributed by atoms with van der Waals surface area (Å²) in [5, 5.41) is 3.30. The molecular formula is C17H27ClN2O. The lowest BCUT2D eigenvalue weighted by atomic mass is 10.0. The standard InChI is InChI=1S/C17H26N2O.ClH/c1-3-4-12-19(17(20)16-10-11-18-13-16)14(2)15-8-6-5-7-9-15;/h5-9,14,16,18H,3-4,10-13H2,1-2H3;1H. The Bertz CT molecular complexity index is 418. The monoisotopic (exact) mass is 310 g/mol. The molecule has 2 unspecified atom stereocenters. The maximum atomic E-state index is 12.8. The van der Waals surface area contributed by atoms with Gasteiger partial charge in [0.25, 0.3) is 0 Å². The van der Waals surface area contributed by atoms with Gasteiger partial charge in [-0.05, 0) is 31.9 Å². The van der Waals surface area contributed by atoms with Crippen molar-refractivity contribution in [3.8, 4) is 0 Å². The third-order valence-corrected chi connectivity index (χ3v) is 4.19. The highest BCUT2D eigenvalue weighted by atomic mass is 35.5. The fourth-order valence-corrected chi connectivity index (χ4v) is 2.83. The quantitative estimate of drug-likeness (QED) is 0.873. The van der Waals surface area contributed by atoms with Crippen LogP contribution in [0.3, 0.4) is 0 Å². The average Bonchev–Trinajstić information content (AvgIpc) is 3.02. The van der Waals surface area contributed by atoms with Crippen LogP contribution in [0.25, 0.3) is 0 Å². The zero-order valence-corrected chi connectivity index (χ0v) is 13.9. The van der Waals surface area contributed by atoms with Gasteiger partial charge < -0.3 is 10.2 Å². The van der Waals surface area contributed by atoms with Crippen LogP contribution in [0.5, 0.6) is 0 Å². The lowest BCUT2D eigenvalue weighted by Gasteiger charge is -2.31. The molecule has 1 aromatic rings. The Morgan fingerprint density at radius 2 is 2.10 bits per heavy atom. The van der Waals surface area contributed by atoms with Gasteiger partial charge in [0.15, 0.2) is 0 Å². The molecule has 1 aromatic carbocycles. The van der Waals surface area contributed by atoms with Crippen LogP contribution in [-0.4, -0.2) is 30.4 Å². The summed E-state index contributed by atoms with van der Waals surface area (Å²) in [7, 11) is 0. The van der Waals surface area contributed by atoms with Gasteiger partial charge in [-0.2, -0.15) is 0 Å². The number of nitrogens with zero attached hydrogens (tertiary/aromatic N) is 1. The fraction of sp³-hybridized carbons (Fsp3) is 0.588. The summed E-state index contributed by atoms with van der Waals surface area (Å²) < 4.78 is 0. The van der Waals surface area contributed by atoms with Gasteiger partial charge in [0.05, 0.1) is 12.0 Å². The second kappa shape index (κ2) is 9.06. The van der Waals surface area contributed by atoms with Crippen LogP contribution in [0.4, 0.5) is 0 Å². The summed E-state index contributed by atoms with van der Waals surface area (Å²) in [5.74, 6) is 0.484. The third-order valence-electron chi connectivity index (χ3n) is 4.19. The van der Waals surface area contributed by atoms with E-state index < -0.39 is 0 Å². The van der Waals surface area contributed by atoms with Crippen molar-refractivity contribution in [1.82, 2.24) is 10.2 Å². The number of hydrogen-bond acceptors (Lipinski definition) is 2. The highest BCUT2D eigenvalue weighted by Crippen LogP contribution is 2.24. The van der Waals surface area contributed by atoms with Crippen molar-refractivity contribution in [2.45, 2.75) is 39.2 Å². The first kappa shape index (κ1) is 18.0. The number of nitrogens with one attached hydrogen (secondary N) is 1. The van der Waals surface area contributed by atoms with Crippen molar-refractivity contribution in [3.05, 3.63) is 35.9 Å². The van der Waals surface area contributed by atoms with Crippen molar-refractivity contribution in [2.24, 2.45) is 5.92 Å². The van der Waals surface area contributed by atoms with E-state index in [2.05, 4.69) is 36.2 Å². The van der Waals surface area contributed by atoms with E-state index >= 15 is 0 Å². The number of halogens is 1. The number of carbonyl (C=O) groups excluding carboxylic acids is 1. The molecule has 21 heavy (non-hydrogen) atoms. The molecule has 118 valence electrons.